The minimum absolute atomic E-state index is 0.00325. The summed E-state index contributed by atoms with van der Waals surface area (Å²) in [6, 6.07) is 12.2. The summed E-state index contributed by atoms with van der Waals surface area (Å²) in [6.45, 7) is 1.68. The standard InChI is InChI=1S/C18H16FN3O3S/c1-12-20-17(21-25-12)14-6-8-15(9-7-14)18(23)22-26(2,24)11-13-4-3-5-16(19)10-13/h3-10H,11H2,1-2H3. The third-order valence-electron chi connectivity index (χ3n) is 3.52. The fourth-order valence-corrected chi connectivity index (χ4v) is 3.69. The molecule has 2 aromatic carbocycles. The maximum atomic E-state index is 13.2. The van der Waals surface area contributed by atoms with Crippen LogP contribution in [0, 0.1) is 12.7 Å². The van der Waals surface area contributed by atoms with Gasteiger partial charge in [0, 0.05) is 24.3 Å². The summed E-state index contributed by atoms with van der Waals surface area (Å²) < 4.78 is 34.6. The first kappa shape index (κ1) is 17.9. The molecule has 1 heterocycles. The molecule has 0 aliphatic heterocycles. The monoisotopic (exact) mass is 373 g/mol. The molecule has 0 aliphatic rings. The van der Waals surface area contributed by atoms with E-state index in [4.69, 9.17) is 4.52 Å². The second-order valence-corrected chi connectivity index (χ2v) is 8.23. The first-order valence-corrected chi connectivity index (χ1v) is 9.81. The second kappa shape index (κ2) is 7.17. The maximum absolute atomic E-state index is 13.2. The van der Waals surface area contributed by atoms with Gasteiger partial charge in [0.05, 0.1) is 15.5 Å². The molecule has 0 radical (unpaired) electrons. The average Bonchev–Trinajstić information content (AvgIpc) is 3.00. The van der Waals surface area contributed by atoms with Crippen molar-refractivity contribution in [3.63, 3.8) is 0 Å². The fourth-order valence-electron chi connectivity index (χ4n) is 2.37. The summed E-state index contributed by atoms with van der Waals surface area (Å²) in [5.74, 6) is -0.153. The maximum Gasteiger partial charge on any atom is 0.285 e. The largest absolute Gasteiger partial charge is 0.339 e. The van der Waals surface area contributed by atoms with Crippen LogP contribution in [0.5, 0.6) is 0 Å². The highest BCUT2D eigenvalue weighted by Crippen LogP contribution is 2.17. The van der Waals surface area contributed by atoms with E-state index in [1.165, 1.54) is 24.5 Å². The van der Waals surface area contributed by atoms with Crippen molar-refractivity contribution in [3.05, 3.63) is 71.4 Å². The molecule has 3 aromatic rings. The van der Waals surface area contributed by atoms with Gasteiger partial charge in [-0.2, -0.15) is 9.35 Å². The van der Waals surface area contributed by atoms with Crippen molar-refractivity contribution in [2.24, 2.45) is 4.36 Å². The summed E-state index contributed by atoms with van der Waals surface area (Å²) in [6.07, 6.45) is 1.38. The lowest BCUT2D eigenvalue weighted by Gasteiger charge is -2.05. The molecule has 1 atom stereocenters. The van der Waals surface area contributed by atoms with Crippen molar-refractivity contribution < 1.29 is 17.9 Å². The number of halogens is 1. The summed E-state index contributed by atoms with van der Waals surface area (Å²) in [4.78, 5) is 16.4. The Kier molecular flexibility index (Phi) is 4.94. The molecular formula is C18H16FN3O3S. The van der Waals surface area contributed by atoms with Crippen molar-refractivity contribution >= 4 is 15.6 Å². The van der Waals surface area contributed by atoms with Crippen LogP contribution in [0.4, 0.5) is 4.39 Å². The molecule has 3 rings (SSSR count). The van der Waals surface area contributed by atoms with Gasteiger partial charge in [0.1, 0.15) is 5.82 Å². The summed E-state index contributed by atoms with van der Waals surface area (Å²) >= 11 is 0. The van der Waals surface area contributed by atoms with Crippen molar-refractivity contribution in [2.75, 3.05) is 6.26 Å². The molecule has 134 valence electrons. The van der Waals surface area contributed by atoms with Gasteiger partial charge in [0.25, 0.3) is 5.91 Å². The Morgan fingerprint density at radius 2 is 1.96 bits per heavy atom. The molecule has 0 saturated carbocycles. The van der Waals surface area contributed by atoms with E-state index in [-0.39, 0.29) is 5.75 Å². The Bertz CT molecular complexity index is 1070. The highest BCUT2D eigenvalue weighted by molar-refractivity contribution is 7.92. The topological polar surface area (TPSA) is 85.4 Å². The van der Waals surface area contributed by atoms with Crippen molar-refractivity contribution in [1.82, 2.24) is 10.1 Å². The lowest BCUT2D eigenvalue weighted by atomic mass is 10.1. The van der Waals surface area contributed by atoms with E-state index in [1.54, 1.807) is 37.3 Å². The van der Waals surface area contributed by atoms with Crippen LogP contribution in [0.15, 0.2) is 57.4 Å². The first-order chi connectivity index (χ1) is 12.3. The average molecular weight is 373 g/mol. The van der Waals surface area contributed by atoms with Crippen LogP contribution in [0.25, 0.3) is 11.4 Å². The highest BCUT2D eigenvalue weighted by atomic mass is 32.2. The van der Waals surface area contributed by atoms with Crippen LogP contribution in [-0.2, 0) is 15.5 Å². The quantitative estimate of drug-likeness (QED) is 0.697. The molecule has 26 heavy (non-hydrogen) atoms. The molecule has 0 bridgehead atoms. The third kappa shape index (κ3) is 4.40. The van der Waals surface area contributed by atoms with Crippen LogP contribution in [0.3, 0.4) is 0 Å². The van der Waals surface area contributed by atoms with Gasteiger partial charge in [0.2, 0.25) is 11.7 Å². The zero-order valence-electron chi connectivity index (χ0n) is 14.2. The predicted molar refractivity (Wildman–Crippen MR) is 95.4 cm³/mol. The minimum Gasteiger partial charge on any atom is -0.339 e. The highest BCUT2D eigenvalue weighted by Gasteiger charge is 2.12. The zero-order chi connectivity index (χ0) is 18.7. The smallest absolute Gasteiger partial charge is 0.285 e. The van der Waals surface area contributed by atoms with Gasteiger partial charge in [-0.1, -0.05) is 29.4 Å². The normalized spacial score (nSPS) is 13.2. The molecule has 0 N–H and O–H groups in total. The zero-order valence-corrected chi connectivity index (χ0v) is 15.0. The molecule has 8 heteroatoms. The molecule has 1 aromatic heterocycles. The van der Waals surface area contributed by atoms with Gasteiger partial charge >= 0.3 is 0 Å². The van der Waals surface area contributed by atoms with Gasteiger partial charge in [-0.25, -0.2) is 8.60 Å². The molecular weight excluding hydrogens is 357 g/mol. The molecule has 0 spiro atoms. The summed E-state index contributed by atoms with van der Waals surface area (Å²) in [5.41, 5.74) is 1.51. The molecule has 0 aliphatic carbocycles. The second-order valence-electron chi connectivity index (χ2n) is 5.84. The van der Waals surface area contributed by atoms with Crippen molar-refractivity contribution in [3.8, 4) is 11.4 Å². The Hall–Kier alpha value is -2.87. The lowest BCUT2D eigenvalue weighted by molar-refractivity contribution is 0.100. The number of aryl methyl sites for hydroxylation is 1. The van der Waals surface area contributed by atoms with E-state index in [0.717, 1.165) is 0 Å². The first-order valence-electron chi connectivity index (χ1n) is 7.72. The van der Waals surface area contributed by atoms with Crippen LogP contribution in [0.1, 0.15) is 21.8 Å². The number of benzene rings is 2. The predicted octanol–water partition coefficient (Wildman–Crippen LogP) is 3.62. The minimum atomic E-state index is -2.84. The van der Waals surface area contributed by atoms with Crippen LogP contribution >= 0.6 is 0 Å². The lowest BCUT2D eigenvalue weighted by Crippen LogP contribution is -2.06. The molecule has 1 unspecified atom stereocenters. The fraction of sp³-hybridized carbons (Fsp3) is 0.167. The Balaban J connectivity index is 1.79. The van der Waals surface area contributed by atoms with Crippen LogP contribution in [0.2, 0.25) is 0 Å². The number of rotatable bonds is 4. The number of carbonyl (C=O) groups is 1. The number of carbonyl (C=O) groups excluding carboxylic acids is 1. The van der Waals surface area contributed by atoms with Crippen molar-refractivity contribution in [2.45, 2.75) is 12.7 Å². The van der Waals surface area contributed by atoms with E-state index >= 15 is 0 Å². The van der Waals surface area contributed by atoms with Crippen LogP contribution in [-0.4, -0.2) is 26.5 Å². The Morgan fingerprint density at radius 3 is 2.58 bits per heavy atom. The van der Waals surface area contributed by atoms with Gasteiger partial charge in [0.15, 0.2) is 0 Å². The van der Waals surface area contributed by atoms with E-state index in [0.29, 0.717) is 28.4 Å². The number of amides is 1. The van der Waals surface area contributed by atoms with E-state index in [2.05, 4.69) is 14.5 Å². The summed E-state index contributed by atoms with van der Waals surface area (Å²) in [5, 5.41) is 3.80. The van der Waals surface area contributed by atoms with E-state index < -0.39 is 21.5 Å². The van der Waals surface area contributed by atoms with E-state index in [1.807, 2.05) is 0 Å². The third-order valence-corrected chi connectivity index (χ3v) is 4.94. The van der Waals surface area contributed by atoms with Gasteiger partial charge in [-0.05, 0) is 29.8 Å². The number of aromatic nitrogens is 2. The van der Waals surface area contributed by atoms with Gasteiger partial charge in [-0.15, -0.1) is 0 Å². The molecule has 0 fully saturated rings. The molecule has 0 saturated heterocycles. The van der Waals surface area contributed by atoms with Crippen LogP contribution < -0.4 is 0 Å². The molecule has 1 amide bonds. The van der Waals surface area contributed by atoms with Gasteiger partial charge in [-0.3, -0.25) is 4.79 Å². The number of nitrogens with zero attached hydrogens (tertiary/aromatic N) is 3. The van der Waals surface area contributed by atoms with Gasteiger partial charge < -0.3 is 4.52 Å². The Labute approximate surface area is 150 Å². The van der Waals surface area contributed by atoms with E-state index in [9.17, 15) is 13.4 Å². The number of hydrogen-bond acceptors (Lipinski definition) is 5. The summed E-state index contributed by atoms with van der Waals surface area (Å²) in [7, 11) is -2.84. The molecule has 6 nitrogen and oxygen atoms in total. The van der Waals surface area contributed by atoms with Crippen molar-refractivity contribution in [1.29, 1.82) is 0 Å². The Morgan fingerprint density at radius 1 is 1.23 bits per heavy atom. The number of hydrogen-bond donors (Lipinski definition) is 0. The SMILES string of the molecule is Cc1nc(-c2ccc(C(=O)N=S(C)(=O)Cc3cccc(F)c3)cc2)no1.